The zero-order valence-electron chi connectivity index (χ0n) is 14.0. The average molecular weight is 352 g/mol. The van der Waals surface area contributed by atoms with Gasteiger partial charge in [0, 0.05) is 42.6 Å². The van der Waals surface area contributed by atoms with Crippen molar-refractivity contribution in [2.45, 2.75) is 19.8 Å². The van der Waals surface area contributed by atoms with Crippen molar-refractivity contribution in [1.82, 2.24) is 30.5 Å². The van der Waals surface area contributed by atoms with E-state index in [1.165, 1.54) is 4.90 Å². The monoisotopic (exact) mass is 352 g/mol. The molecule has 2 heterocycles. The molecule has 3 rings (SSSR count). The number of fused-ring (bicyclic) bond motifs is 1. The van der Waals surface area contributed by atoms with Crippen LogP contribution < -0.4 is 61.2 Å². The Morgan fingerprint density at radius 3 is 2.92 bits per heavy atom. The van der Waals surface area contributed by atoms with Gasteiger partial charge in [0.25, 0.3) is 0 Å². The zero-order chi connectivity index (χ0) is 16.2. The number of H-pyrrole nitrogens is 1. The Balaban J connectivity index is 0.00000208. The predicted molar refractivity (Wildman–Crippen MR) is 83.2 cm³/mol. The molecule has 2 aromatic heterocycles. The fourth-order valence-corrected chi connectivity index (χ4v) is 2.25. The van der Waals surface area contributed by atoms with Gasteiger partial charge in [-0.25, -0.2) is 4.79 Å². The van der Waals surface area contributed by atoms with Crippen LogP contribution in [0.2, 0.25) is 0 Å². The molecular formula is C15H17KN6O2. The van der Waals surface area contributed by atoms with Gasteiger partial charge in [-0.05, 0) is 37.5 Å². The van der Waals surface area contributed by atoms with E-state index >= 15 is 0 Å². The van der Waals surface area contributed by atoms with Crippen LogP contribution in [0.25, 0.3) is 10.9 Å². The minimum atomic E-state index is -0.369. The molecule has 1 amide bonds. The summed E-state index contributed by atoms with van der Waals surface area (Å²) in [5, 5.41) is 15.7. The molecule has 1 N–H and O–H groups in total. The summed E-state index contributed by atoms with van der Waals surface area (Å²) in [6.07, 6.45) is 3.04. The van der Waals surface area contributed by atoms with Crippen molar-refractivity contribution in [3.05, 3.63) is 35.8 Å². The molecule has 0 saturated heterocycles. The zero-order valence-corrected chi connectivity index (χ0v) is 17.1. The van der Waals surface area contributed by atoms with Gasteiger partial charge < -0.3 is 19.7 Å². The fraction of sp³-hybridized carbons (Fsp3) is 0.333. The summed E-state index contributed by atoms with van der Waals surface area (Å²) >= 11 is 0. The second kappa shape index (κ2) is 8.72. The standard InChI is InChI=1S/C15H17N6O2.K/c1-3-21(2)15(22)23-11-5-6-12-10(9-16-13(12)8-11)4-7-14-17-19-20-18-14;/h5-6,8-9,16H,3-4,7H2,1-2H3;/q-1;+1. The van der Waals surface area contributed by atoms with Crippen LogP contribution in [0.5, 0.6) is 5.75 Å². The molecule has 0 spiro atoms. The van der Waals surface area contributed by atoms with E-state index in [1.807, 2.05) is 25.3 Å². The molecule has 0 aliphatic heterocycles. The summed E-state index contributed by atoms with van der Waals surface area (Å²) in [4.78, 5) is 16.5. The van der Waals surface area contributed by atoms with Crippen molar-refractivity contribution in [3.63, 3.8) is 0 Å². The Bertz CT molecular complexity index is 802. The van der Waals surface area contributed by atoms with E-state index in [0.717, 1.165) is 22.9 Å². The molecule has 24 heavy (non-hydrogen) atoms. The van der Waals surface area contributed by atoms with Gasteiger partial charge in [-0.1, -0.05) is 0 Å². The number of aromatic nitrogens is 5. The van der Waals surface area contributed by atoms with Gasteiger partial charge in [0.15, 0.2) is 0 Å². The third-order valence-electron chi connectivity index (χ3n) is 3.71. The Kier molecular flexibility index (Phi) is 6.93. The maximum atomic E-state index is 11.8. The summed E-state index contributed by atoms with van der Waals surface area (Å²) in [5.74, 6) is 1.15. The number of carbonyl (C=O) groups is 1. The summed E-state index contributed by atoms with van der Waals surface area (Å²) < 4.78 is 5.33. The number of nitrogens with one attached hydrogen (secondary N) is 1. The molecule has 3 aromatic rings. The Morgan fingerprint density at radius 1 is 1.38 bits per heavy atom. The number of carbonyl (C=O) groups excluding carboxylic acids is 1. The molecule has 0 aliphatic carbocycles. The van der Waals surface area contributed by atoms with Crippen LogP contribution in [0, 0.1) is 0 Å². The second-order valence-electron chi connectivity index (χ2n) is 5.20. The van der Waals surface area contributed by atoms with Crippen molar-refractivity contribution in [2.24, 2.45) is 0 Å². The number of hydrogen-bond acceptors (Lipinski definition) is 5. The molecule has 0 atom stereocenters. The first-order valence-electron chi connectivity index (χ1n) is 7.38. The van der Waals surface area contributed by atoms with Crippen LogP contribution in [0.4, 0.5) is 4.79 Å². The molecule has 1 aromatic carbocycles. The van der Waals surface area contributed by atoms with Crippen molar-refractivity contribution in [1.29, 1.82) is 0 Å². The second-order valence-corrected chi connectivity index (χ2v) is 5.20. The number of ether oxygens (including phenoxy) is 1. The quantitative estimate of drug-likeness (QED) is 0.564. The minimum absolute atomic E-state index is 0. The van der Waals surface area contributed by atoms with Crippen LogP contribution in [-0.2, 0) is 12.8 Å². The number of amides is 1. The van der Waals surface area contributed by atoms with E-state index in [2.05, 4.69) is 25.6 Å². The number of tetrazole rings is 1. The van der Waals surface area contributed by atoms with Gasteiger partial charge in [-0.15, -0.1) is 0 Å². The molecule has 0 unspecified atom stereocenters. The molecule has 0 saturated carbocycles. The van der Waals surface area contributed by atoms with Gasteiger partial charge in [-0.2, -0.15) is 5.21 Å². The summed E-state index contributed by atoms with van der Waals surface area (Å²) in [7, 11) is 1.70. The summed E-state index contributed by atoms with van der Waals surface area (Å²) in [5.41, 5.74) is 2.07. The molecule has 0 aliphatic rings. The number of benzene rings is 1. The van der Waals surface area contributed by atoms with Crippen molar-refractivity contribution in [3.8, 4) is 5.75 Å². The first-order chi connectivity index (χ1) is 11.2. The van der Waals surface area contributed by atoms with E-state index in [0.29, 0.717) is 24.5 Å². The van der Waals surface area contributed by atoms with Crippen LogP contribution in [-0.4, -0.2) is 45.1 Å². The molecular weight excluding hydrogens is 335 g/mol. The van der Waals surface area contributed by atoms with E-state index in [1.54, 1.807) is 13.1 Å². The molecule has 8 nitrogen and oxygen atoms in total. The topological polar surface area (TPSA) is 98.1 Å². The van der Waals surface area contributed by atoms with Gasteiger partial charge in [0.1, 0.15) is 5.75 Å². The molecule has 0 radical (unpaired) electrons. The third kappa shape index (κ3) is 4.42. The Labute approximate surface area is 181 Å². The summed E-state index contributed by atoms with van der Waals surface area (Å²) in [6.45, 7) is 2.49. The molecule has 9 heteroatoms. The predicted octanol–water partition coefficient (Wildman–Crippen LogP) is -1.45. The van der Waals surface area contributed by atoms with E-state index in [-0.39, 0.29) is 57.5 Å². The Hall–Kier alpha value is -1.26. The molecule has 0 fully saturated rings. The third-order valence-corrected chi connectivity index (χ3v) is 3.71. The van der Waals surface area contributed by atoms with Gasteiger partial charge in [0.2, 0.25) is 0 Å². The minimum Gasteiger partial charge on any atom is -0.410 e. The van der Waals surface area contributed by atoms with Crippen LogP contribution in [0.3, 0.4) is 0 Å². The van der Waals surface area contributed by atoms with Gasteiger partial charge in [0.05, 0.1) is 0 Å². The number of rotatable bonds is 5. The number of aryl methyl sites for hydroxylation is 2. The molecule has 0 bridgehead atoms. The maximum absolute atomic E-state index is 11.8. The van der Waals surface area contributed by atoms with Crippen molar-refractivity contribution in [2.75, 3.05) is 13.6 Å². The smallest absolute Gasteiger partial charge is 0.410 e. The number of hydrogen-bond donors (Lipinski definition) is 1. The van der Waals surface area contributed by atoms with Crippen molar-refractivity contribution >= 4 is 17.0 Å². The first kappa shape index (κ1) is 19.1. The maximum Gasteiger partial charge on any atom is 1.00 e. The SMILES string of the molecule is CCN(C)C(=O)Oc1ccc2c(CCc3nnn[n-]3)c[nH]c2c1.[K+]. The first-order valence-corrected chi connectivity index (χ1v) is 7.38. The summed E-state index contributed by atoms with van der Waals surface area (Å²) in [6, 6.07) is 5.56. The number of aromatic amines is 1. The van der Waals surface area contributed by atoms with Crippen LogP contribution in [0.1, 0.15) is 18.3 Å². The normalized spacial score (nSPS) is 10.4. The van der Waals surface area contributed by atoms with E-state index in [9.17, 15) is 4.79 Å². The van der Waals surface area contributed by atoms with E-state index in [4.69, 9.17) is 4.74 Å². The van der Waals surface area contributed by atoms with Crippen molar-refractivity contribution < 1.29 is 60.9 Å². The van der Waals surface area contributed by atoms with Crippen LogP contribution in [0.15, 0.2) is 24.4 Å². The van der Waals surface area contributed by atoms with Gasteiger partial charge in [-0.3, -0.25) is 10.3 Å². The largest absolute Gasteiger partial charge is 1.00 e. The van der Waals surface area contributed by atoms with E-state index < -0.39 is 0 Å². The number of nitrogens with zero attached hydrogens (tertiary/aromatic N) is 5. The average Bonchev–Trinajstić information content (AvgIpc) is 3.21. The van der Waals surface area contributed by atoms with Crippen LogP contribution >= 0.6 is 0 Å². The Morgan fingerprint density at radius 2 is 2.21 bits per heavy atom. The fourth-order valence-electron chi connectivity index (χ4n) is 2.25. The molecule has 120 valence electrons. The van der Waals surface area contributed by atoms with Gasteiger partial charge >= 0.3 is 57.5 Å².